The highest BCUT2D eigenvalue weighted by Gasteiger charge is 2.33. The van der Waals surface area contributed by atoms with E-state index in [0.717, 1.165) is 18.7 Å². The second-order valence-corrected chi connectivity index (χ2v) is 8.48. The van der Waals surface area contributed by atoms with Gasteiger partial charge in [-0.15, -0.1) is 0 Å². The summed E-state index contributed by atoms with van der Waals surface area (Å²) in [6, 6.07) is 12.3. The van der Waals surface area contributed by atoms with Crippen molar-refractivity contribution in [2.45, 2.75) is 12.8 Å². The van der Waals surface area contributed by atoms with E-state index in [-0.39, 0.29) is 10.9 Å². The van der Waals surface area contributed by atoms with Gasteiger partial charge in [0.25, 0.3) is 5.91 Å². The average molecular weight is 419 g/mol. The molecule has 0 N–H and O–H groups in total. The number of rotatable bonds is 3. The number of thiocarbonyl (C=S) groups is 1. The van der Waals surface area contributed by atoms with Crippen LogP contribution >= 0.6 is 35.6 Å². The van der Waals surface area contributed by atoms with Gasteiger partial charge in [0.1, 0.15) is 5.82 Å². The zero-order valence-electron chi connectivity index (χ0n) is 14.3. The lowest BCUT2D eigenvalue weighted by atomic mass is 10.1. The SMILES string of the molecule is O=C1C(=Cc2ccc(N3CCCC3)cc2)SC(=S)N1c1ccc(F)c(Cl)c1. The maximum Gasteiger partial charge on any atom is 0.270 e. The molecule has 0 atom stereocenters. The number of amides is 1. The van der Waals surface area contributed by atoms with Crippen molar-refractivity contribution in [2.24, 2.45) is 0 Å². The molecular weight excluding hydrogens is 403 g/mol. The minimum Gasteiger partial charge on any atom is -0.372 e. The molecule has 0 saturated carbocycles. The van der Waals surface area contributed by atoms with Crippen LogP contribution < -0.4 is 9.80 Å². The molecular formula is C20H16ClFN2OS2. The first kappa shape index (κ1) is 18.5. The van der Waals surface area contributed by atoms with Crippen LogP contribution in [0.4, 0.5) is 15.8 Å². The molecule has 0 aromatic heterocycles. The van der Waals surface area contributed by atoms with Gasteiger partial charge in [-0.1, -0.05) is 47.7 Å². The van der Waals surface area contributed by atoms with Crippen molar-refractivity contribution in [3.05, 3.63) is 63.8 Å². The molecule has 2 saturated heterocycles. The van der Waals surface area contributed by atoms with Crippen LogP contribution in [0.5, 0.6) is 0 Å². The first-order valence-electron chi connectivity index (χ1n) is 8.61. The van der Waals surface area contributed by atoms with Gasteiger partial charge in [0.2, 0.25) is 0 Å². The monoisotopic (exact) mass is 418 g/mol. The second-order valence-electron chi connectivity index (χ2n) is 6.40. The molecule has 0 spiro atoms. The molecule has 0 aliphatic carbocycles. The van der Waals surface area contributed by atoms with Crippen LogP contribution in [0, 0.1) is 5.82 Å². The molecule has 7 heteroatoms. The summed E-state index contributed by atoms with van der Waals surface area (Å²) in [5.41, 5.74) is 2.62. The third-order valence-corrected chi connectivity index (χ3v) is 6.21. The number of carbonyl (C=O) groups is 1. The molecule has 2 fully saturated rings. The van der Waals surface area contributed by atoms with Crippen molar-refractivity contribution >= 4 is 63.3 Å². The first-order valence-corrected chi connectivity index (χ1v) is 10.2. The molecule has 1 amide bonds. The highest BCUT2D eigenvalue weighted by atomic mass is 35.5. The third kappa shape index (κ3) is 3.74. The molecule has 0 bridgehead atoms. The van der Waals surface area contributed by atoms with Crippen LogP contribution in [0.1, 0.15) is 18.4 Å². The van der Waals surface area contributed by atoms with Gasteiger partial charge in [0.05, 0.1) is 15.6 Å². The first-order chi connectivity index (χ1) is 13.0. The van der Waals surface area contributed by atoms with E-state index in [1.807, 2.05) is 18.2 Å². The molecule has 2 heterocycles. The number of anilines is 2. The number of carbonyl (C=O) groups excluding carboxylic acids is 1. The Kier molecular flexibility index (Phi) is 5.21. The fraction of sp³-hybridized carbons (Fsp3) is 0.200. The minimum atomic E-state index is -0.528. The second kappa shape index (κ2) is 7.62. The summed E-state index contributed by atoms with van der Waals surface area (Å²) in [6.45, 7) is 2.19. The van der Waals surface area contributed by atoms with E-state index in [1.54, 1.807) is 0 Å². The van der Waals surface area contributed by atoms with Gasteiger partial charge in [-0.2, -0.15) is 0 Å². The van der Waals surface area contributed by atoms with E-state index in [9.17, 15) is 9.18 Å². The molecule has 0 radical (unpaired) electrons. The van der Waals surface area contributed by atoms with E-state index in [4.69, 9.17) is 23.8 Å². The normalized spacial score (nSPS) is 18.8. The van der Waals surface area contributed by atoms with Gasteiger partial charge in [-0.05, 0) is 54.8 Å². The summed E-state index contributed by atoms with van der Waals surface area (Å²) >= 11 is 12.4. The number of thioether (sulfide) groups is 1. The van der Waals surface area contributed by atoms with E-state index in [1.165, 1.54) is 53.4 Å². The Hall–Kier alpha value is -1.89. The summed E-state index contributed by atoms with van der Waals surface area (Å²) in [5.74, 6) is -0.754. The van der Waals surface area contributed by atoms with Crippen molar-refractivity contribution in [1.29, 1.82) is 0 Å². The lowest BCUT2D eigenvalue weighted by Crippen LogP contribution is -2.27. The van der Waals surface area contributed by atoms with Crippen LogP contribution in [0.3, 0.4) is 0 Å². The lowest BCUT2D eigenvalue weighted by molar-refractivity contribution is -0.113. The van der Waals surface area contributed by atoms with E-state index < -0.39 is 5.82 Å². The smallest absolute Gasteiger partial charge is 0.270 e. The largest absolute Gasteiger partial charge is 0.372 e. The Bertz CT molecular complexity index is 939. The molecule has 2 aromatic rings. The van der Waals surface area contributed by atoms with Gasteiger partial charge >= 0.3 is 0 Å². The van der Waals surface area contributed by atoms with Gasteiger partial charge in [-0.3, -0.25) is 9.69 Å². The van der Waals surface area contributed by atoms with E-state index in [0.29, 0.717) is 14.9 Å². The Morgan fingerprint density at radius 2 is 1.74 bits per heavy atom. The minimum absolute atomic E-state index is 0.0389. The Balaban J connectivity index is 1.56. The van der Waals surface area contributed by atoms with Crippen molar-refractivity contribution in [2.75, 3.05) is 22.9 Å². The van der Waals surface area contributed by atoms with Gasteiger partial charge in [0.15, 0.2) is 4.32 Å². The highest BCUT2D eigenvalue weighted by molar-refractivity contribution is 8.27. The van der Waals surface area contributed by atoms with E-state index in [2.05, 4.69) is 17.0 Å². The van der Waals surface area contributed by atoms with Crippen molar-refractivity contribution in [3.8, 4) is 0 Å². The lowest BCUT2D eigenvalue weighted by Gasteiger charge is -2.17. The molecule has 2 aromatic carbocycles. The molecule has 2 aliphatic rings. The predicted molar refractivity (Wildman–Crippen MR) is 115 cm³/mol. The quantitative estimate of drug-likeness (QED) is 0.486. The Morgan fingerprint density at radius 1 is 1.07 bits per heavy atom. The van der Waals surface area contributed by atoms with Crippen molar-refractivity contribution in [3.63, 3.8) is 0 Å². The number of halogens is 2. The molecule has 138 valence electrons. The Labute approximate surface area is 171 Å². The summed E-state index contributed by atoms with van der Waals surface area (Å²) in [5, 5.41) is -0.0389. The van der Waals surface area contributed by atoms with Crippen LogP contribution in [0.25, 0.3) is 6.08 Å². The highest BCUT2D eigenvalue weighted by Crippen LogP contribution is 2.37. The zero-order chi connectivity index (χ0) is 19.0. The van der Waals surface area contributed by atoms with Crippen molar-refractivity contribution in [1.82, 2.24) is 0 Å². The van der Waals surface area contributed by atoms with Crippen LogP contribution in [0.15, 0.2) is 47.4 Å². The molecule has 4 rings (SSSR count). The molecule has 3 nitrogen and oxygen atoms in total. The standard InChI is InChI=1S/C20H16ClFN2OS2/c21-16-12-15(7-8-17(16)22)24-19(25)18(27-20(24)26)11-13-3-5-14(6-4-13)23-9-1-2-10-23/h3-8,11-12H,1-2,9-10H2. The summed E-state index contributed by atoms with van der Waals surface area (Å²) in [4.78, 5) is 17.1. The third-order valence-electron chi connectivity index (χ3n) is 4.62. The van der Waals surface area contributed by atoms with Crippen LogP contribution in [-0.2, 0) is 4.79 Å². The van der Waals surface area contributed by atoms with Crippen LogP contribution in [-0.4, -0.2) is 23.3 Å². The van der Waals surface area contributed by atoms with E-state index >= 15 is 0 Å². The summed E-state index contributed by atoms with van der Waals surface area (Å²) < 4.78 is 13.8. The topological polar surface area (TPSA) is 23.6 Å². The number of hydrogen-bond donors (Lipinski definition) is 0. The average Bonchev–Trinajstić information content (AvgIpc) is 3.28. The number of hydrogen-bond acceptors (Lipinski definition) is 4. The number of benzene rings is 2. The van der Waals surface area contributed by atoms with Gasteiger partial charge in [0, 0.05) is 18.8 Å². The number of nitrogens with zero attached hydrogens (tertiary/aromatic N) is 2. The maximum atomic E-state index is 13.4. The van der Waals surface area contributed by atoms with Gasteiger partial charge < -0.3 is 4.90 Å². The van der Waals surface area contributed by atoms with Gasteiger partial charge in [-0.25, -0.2) is 4.39 Å². The molecule has 0 unspecified atom stereocenters. The fourth-order valence-corrected chi connectivity index (χ4v) is 4.70. The van der Waals surface area contributed by atoms with Crippen molar-refractivity contribution < 1.29 is 9.18 Å². The summed E-state index contributed by atoms with van der Waals surface area (Å²) in [6.07, 6.45) is 4.30. The van der Waals surface area contributed by atoms with Crippen LogP contribution in [0.2, 0.25) is 5.02 Å². The fourth-order valence-electron chi connectivity index (χ4n) is 3.22. The predicted octanol–water partition coefficient (Wildman–Crippen LogP) is 5.49. The molecule has 27 heavy (non-hydrogen) atoms. The Morgan fingerprint density at radius 3 is 2.41 bits per heavy atom. The summed E-state index contributed by atoms with van der Waals surface area (Å²) in [7, 11) is 0. The zero-order valence-corrected chi connectivity index (χ0v) is 16.7. The molecule has 2 aliphatic heterocycles. The maximum absolute atomic E-state index is 13.4.